The van der Waals surface area contributed by atoms with Gasteiger partial charge in [0.15, 0.2) is 18.3 Å². The summed E-state index contributed by atoms with van der Waals surface area (Å²) in [6.07, 6.45) is -3.40. The number of hydrogen-bond acceptors (Lipinski definition) is 16. The van der Waals surface area contributed by atoms with Gasteiger partial charge in [-0.05, 0) is 51.3 Å². The Morgan fingerprint density at radius 3 is 1.86 bits per heavy atom. The Morgan fingerprint density at radius 1 is 0.763 bits per heavy atom. The predicted molar refractivity (Wildman–Crippen MR) is 209 cm³/mol. The molecule has 3 amide bonds. The van der Waals surface area contributed by atoms with Crippen LogP contribution in [0, 0.1) is 0 Å². The van der Waals surface area contributed by atoms with Crippen LogP contribution in [-0.2, 0) is 63.7 Å². The lowest BCUT2D eigenvalue weighted by Crippen LogP contribution is -2.64. The SMILES string of the molecule is COC(=O)[C@H]1O[C@@H](Oc2ccc(COC(=O)N(C)CCN(C)C(=O)OC(C)(C)C)cc2NC(=O)CCCCCCCCCO)[C@H](OC(C)=O)[C@@H](OC(C)=O)[C@@H]1OC(C)=O. The van der Waals surface area contributed by atoms with Crippen molar-refractivity contribution in [3.63, 3.8) is 0 Å². The smallest absolute Gasteiger partial charge is 0.410 e. The Labute approximate surface area is 345 Å². The summed E-state index contributed by atoms with van der Waals surface area (Å²) in [6.45, 7) is 8.64. The number of anilines is 1. The minimum atomic E-state index is -1.72. The van der Waals surface area contributed by atoms with Crippen molar-refractivity contribution in [3.05, 3.63) is 23.8 Å². The number of aliphatic hydroxyl groups is 1. The lowest BCUT2D eigenvalue weighted by Gasteiger charge is -2.43. The van der Waals surface area contributed by atoms with Crippen LogP contribution < -0.4 is 10.1 Å². The molecular weight excluding hydrogens is 778 g/mol. The minimum absolute atomic E-state index is 0.0436. The number of carbonyl (C=O) groups is 7. The number of methoxy groups -OCH3 is 1. The average molecular weight is 840 g/mol. The quantitative estimate of drug-likeness (QED) is 0.100. The summed E-state index contributed by atoms with van der Waals surface area (Å²) in [7, 11) is 4.11. The number of unbranched alkanes of at least 4 members (excludes halogenated alkanes) is 6. The van der Waals surface area contributed by atoms with Crippen LogP contribution in [0.1, 0.15) is 98.5 Å². The van der Waals surface area contributed by atoms with Gasteiger partial charge >= 0.3 is 36.1 Å². The van der Waals surface area contributed by atoms with Crippen molar-refractivity contribution in [1.82, 2.24) is 9.80 Å². The normalized spacial score (nSPS) is 18.7. The summed E-state index contributed by atoms with van der Waals surface area (Å²) >= 11 is 0. The van der Waals surface area contributed by atoms with Gasteiger partial charge < -0.3 is 58.1 Å². The molecule has 1 aliphatic heterocycles. The zero-order chi connectivity index (χ0) is 44.3. The number of ether oxygens (including phenoxy) is 8. The number of hydrogen-bond donors (Lipinski definition) is 2. The van der Waals surface area contributed by atoms with E-state index in [-0.39, 0.29) is 50.1 Å². The molecule has 0 radical (unpaired) electrons. The number of amides is 3. The number of esters is 4. The monoisotopic (exact) mass is 839 g/mol. The second-order valence-corrected chi connectivity index (χ2v) is 15.0. The molecule has 19 heteroatoms. The van der Waals surface area contributed by atoms with Gasteiger partial charge in [0.1, 0.15) is 18.0 Å². The molecule has 1 aliphatic rings. The van der Waals surface area contributed by atoms with E-state index in [2.05, 4.69) is 5.32 Å². The molecule has 1 saturated heterocycles. The highest BCUT2D eigenvalue weighted by molar-refractivity contribution is 5.92. The summed E-state index contributed by atoms with van der Waals surface area (Å²) in [6, 6.07) is 4.44. The number of nitrogens with one attached hydrogen (secondary N) is 1. The first-order chi connectivity index (χ1) is 27.8. The summed E-state index contributed by atoms with van der Waals surface area (Å²) in [5.41, 5.74) is -0.175. The third-order valence-electron chi connectivity index (χ3n) is 8.61. The van der Waals surface area contributed by atoms with Crippen molar-refractivity contribution in [2.24, 2.45) is 0 Å². The topological polar surface area (TPSA) is 232 Å². The molecule has 332 valence electrons. The molecule has 0 aromatic heterocycles. The number of likely N-dealkylation sites (N-methyl/N-ethyl adjacent to an activating group) is 2. The highest BCUT2D eigenvalue weighted by atomic mass is 16.7. The second-order valence-electron chi connectivity index (χ2n) is 15.0. The first-order valence-corrected chi connectivity index (χ1v) is 19.5. The number of carbonyl (C=O) groups excluding carboxylic acids is 7. The molecule has 2 N–H and O–H groups in total. The molecule has 1 heterocycles. The summed E-state index contributed by atoms with van der Waals surface area (Å²) in [5, 5.41) is 11.8. The van der Waals surface area contributed by atoms with Gasteiger partial charge in [0.05, 0.1) is 12.8 Å². The fourth-order valence-corrected chi connectivity index (χ4v) is 5.74. The maximum Gasteiger partial charge on any atom is 0.410 e. The van der Waals surface area contributed by atoms with E-state index in [0.717, 1.165) is 66.4 Å². The van der Waals surface area contributed by atoms with Crippen LogP contribution in [0.15, 0.2) is 18.2 Å². The molecule has 0 spiro atoms. The maximum absolute atomic E-state index is 13.3. The zero-order valence-corrected chi connectivity index (χ0v) is 35.6. The van der Waals surface area contributed by atoms with Crippen LogP contribution in [0.25, 0.3) is 0 Å². The number of nitrogens with zero attached hydrogens (tertiary/aromatic N) is 2. The lowest BCUT2D eigenvalue weighted by atomic mass is 9.97. The van der Waals surface area contributed by atoms with Crippen LogP contribution in [0.5, 0.6) is 5.75 Å². The largest absolute Gasteiger partial charge is 0.467 e. The van der Waals surface area contributed by atoms with Crippen molar-refractivity contribution in [2.45, 2.75) is 136 Å². The fraction of sp³-hybridized carbons (Fsp3) is 0.675. The molecular formula is C40H61N3O16. The Bertz CT molecular complexity index is 1580. The van der Waals surface area contributed by atoms with Crippen LogP contribution in [0.2, 0.25) is 0 Å². The molecule has 1 aromatic rings. The third kappa shape index (κ3) is 18.1. The van der Waals surface area contributed by atoms with Crippen LogP contribution in [0.3, 0.4) is 0 Å². The molecule has 1 aromatic carbocycles. The van der Waals surface area contributed by atoms with E-state index in [4.69, 9.17) is 43.0 Å². The molecule has 0 bridgehead atoms. The van der Waals surface area contributed by atoms with Gasteiger partial charge in [0.2, 0.25) is 18.3 Å². The molecule has 19 nitrogen and oxygen atoms in total. The molecule has 0 aliphatic carbocycles. The second kappa shape index (κ2) is 24.7. The Kier molecular flexibility index (Phi) is 20.9. The van der Waals surface area contributed by atoms with Crippen molar-refractivity contribution in [1.29, 1.82) is 0 Å². The Balaban J connectivity index is 2.38. The molecule has 0 saturated carbocycles. The van der Waals surface area contributed by atoms with Gasteiger partial charge in [0, 0.05) is 61.0 Å². The average Bonchev–Trinajstić information content (AvgIpc) is 3.15. The summed E-state index contributed by atoms with van der Waals surface area (Å²) in [5.74, 6) is -4.04. The van der Waals surface area contributed by atoms with Crippen LogP contribution in [-0.4, -0.2) is 134 Å². The van der Waals surface area contributed by atoms with Gasteiger partial charge in [-0.1, -0.05) is 38.2 Å². The van der Waals surface area contributed by atoms with Gasteiger partial charge in [-0.15, -0.1) is 0 Å². The van der Waals surface area contributed by atoms with Crippen molar-refractivity contribution < 1.29 is 76.6 Å². The summed E-state index contributed by atoms with van der Waals surface area (Å²) < 4.78 is 44.0. The van der Waals surface area contributed by atoms with Gasteiger partial charge in [-0.3, -0.25) is 19.2 Å². The molecule has 1 fully saturated rings. The third-order valence-corrected chi connectivity index (χ3v) is 8.61. The molecule has 59 heavy (non-hydrogen) atoms. The Hall–Kier alpha value is -5.17. The zero-order valence-electron chi connectivity index (χ0n) is 35.6. The van der Waals surface area contributed by atoms with Crippen molar-refractivity contribution >= 4 is 47.7 Å². The van der Waals surface area contributed by atoms with Gasteiger partial charge in [-0.2, -0.15) is 0 Å². The lowest BCUT2D eigenvalue weighted by molar-refractivity contribution is -0.282. The van der Waals surface area contributed by atoms with Gasteiger partial charge in [-0.25, -0.2) is 14.4 Å². The highest BCUT2D eigenvalue weighted by Gasteiger charge is 2.56. The van der Waals surface area contributed by atoms with E-state index in [9.17, 15) is 33.6 Å². The van der Waals surface area contributed by atoms with Gasteiger partial charge in [0.25, 0.3) is 0 Å². The van der Waals surface area contributed by atoms with E-state index in [1.54, 1.807) is 27.8 Å². The van der Waals surface area contributed by atoms with E-state index in [1.165, 1.54) is 35.0 Å². The van der Waals surface area contributed by atoms with Crippen LogP contribution >= 0.6 is 0 Å². The van der Waals surface area contributed by atoms with Crippen LogP contribution in [0.4, 0.5) is 15.3 Å². The standard InChI is InChI=1S/C40H61N3O16/c1-25(45)54-32-33(55-26(2)46)35(56-27(3)47)37(58-34(32)36(49)52-9)57-30-19-18-28(23-29(30)41-31(48)17-15-13-11-10-12-14-16-22-44)24-53-38(50)42(7)20-21-43(8)39(51)59-40(4,5)6/h18-19,23,32-35,37,44H,10-17,20-22,24H2,1-9H3,(H,41,48)/t32-,33-,34-,35+,37+/m0/s1. The van der Waals surface area contributed by atoms with Crippen molar-refractivity contribution in [2.75, 3.05) is 46.2 Å². The highest BCUT2D eigenvalue weighted by Crippen LogP contribution is 2.34. The van der Waals surface area contributed by atoms with E-state index < -0.39 is 72.4 Å². The Morgan fingerprint density at radius 2 is 1.31 bits per heavy atom. The fourth-order valence-electron chi connectivity index (χ4n) is 5.74. The van der Waals surface area contributed by atoms with E-state index >= 15 is 0 Å². The molecule has 2 rings (SSSR count). The van der Waals surface area contributed by atoms with Crippen molar-refractivity contribution in [3.8, 4) is 5.75 Å². The predicted octanol–water partition coefficient (Wildman–Crippen LogP) is 4.25. The number of benzene rings is 1. The summed E-state index contributed by atoms with van der Waals surface area (Å²) in [4.78, 5) is 90.7. The number of rotatable bonds is 21. The molecule has 5 atom stereocenters. The van der Waals surface area contributed by atoms with E-state index in [1.807, 2.05) is 0 Å². The van der Waals surface area contributed by atoms with E-state index in [0.29, 0.717) is 12.0 Å². The molecule has 0 unspecified atom stereocenters. The maximum atomic E-state index is 13.3. The number of aliphatic hydroxyl groups excluding tert-OH is 1. The minimum Gasteiger partial charge on any atom is -0.467 e. The first-order valence-electron chi connectivity index (χ1n) is 19.5. The first kappa shape index (κ1) is 50.0.